The van der Waals surface area contributed by atoms with E-state index in [1.807, 2.05) is 64.6 Å². The van der Waals surface area contributed by atoms with Gasteiger partial charge in [-0.15, -0.1) is 0 Å². The quantitative estimate of drug-likeness (QED) is 0.236. The predicted octanol–water partition coefficient (Wildman–Crippen LogP) is 8.40. The van der Waals surface area contributed by atoms with Gasteiger partial charge < -0.3 is 25.4 Å². The lowest BCUT2D eigenvalue weighted by Crippen LogP contribution is -2.42. The van der Waals surface area contributed by atoms with E-state index in [1.54, 1.807) is 43.6 Å². The molecule has 0 atom stereocenters. The number of urea groups is 1. The van der Waals surface area contributed by atoms with Crippen LogP contribution in [0.1, 0.15) is 107 Å². The number of phenols is 1. The average molecular weight is 601 g/mol. The van der Waals surface area contributed by atoms with Gasteiger partial charge in [-0.1, -0.05) is 73.3 Å². The van der Waals surface area contributed by atoms with Gasteiger partial charge in [0.2, 0.25) is 0 Å². The molecule has 8 heteroatoms. The van der Waals surface area contributed by atoms with Crippen molar-refractivity contribution in [2.24, 2.45) is 0 Å². The van der Waals surface area contributed by atoms with E-state index in [-0.39, 0.29) is 34.6 Å². The molecule has 236 valence electrons. The Morgan fingerprint density at radius 3 is 2.07 bits per heavy atom. The molecule has 4 rings (SSSR count). The molecule has 0 spiro atoms. The zero-order valence-electron chi connectivity index (χ0n) is 27.3. The van der Waals surface area contributed by atoms with E-state index in [9.17, 15) is 14.7 Å². The van der Waals surface area contributed by atoms with Crippen molar-refractivity contribution in [3.05, 3.63) is 77.1 Å². The summed E-state index contributed by atoms with van der Waals surface area (Å²) in [5.74, 6) is 0.408. The maximum Gasteiger partial charge on any atom is 0.322 e. The molecule has 3 aromatic rings. The number of aromatic nitrogens is 1. The lowest BCUT2D eigenvalue weighted by Gasteiger charge is -2.31. The Balaban J connectivity index is 1.67. The van der Waals surface area contributed by atoms with Crippen molar-refractivity contribution in [2.75, 3.05) is 17.7 Å². The van der Waals surface area contributed by atoms with Gasteiger partial charge in [0, 0.05) is 35.0 Å². The Morgan fingerprint density at radius 1 is 0.886 bits per heavy atom. The van der Waals surface area contributed by atoms with Crippen LogP contribution in [0.2, 0.25) is 0 Å². The number of hydrogen-bond donors (Lipinski definition) is 3. The van der Waals surface area contributed by atoms with Crippen LogP contribution in [0.4, 0.5) is 16.2 Å². The number of aromatic hydroxyl groups is 1. The Bertz CT molecular complexity index is 1410. The van der Waals surface area contributed by atoms with Gasteiger partial charge in [-0.05, 0) is 60.1 Å². The molecule has 0 unspecified atom stereocenters. The Kier molecular flexibility index (Phi) is 10.2. The van der Waals surface area contributed by atoms with E-state index in [2.05, 4.69) is 15.6 Å². The molecule has 1 fully saturated rings. The SMILES string of the molecule is COc1ccc(NC(=O)N(Cc2ccccn2)C2CCCCCC2)c(NC(=O)c2cc(C(C)(C)C)c(O)c(C(C)(C)C)c2)c1. The molecule has 0 bridgehead atoms. The Labute approximate surface area is 262 Å². The third-order valence-corrected chi connectivity index (χ3v) is 8.29. The third kappa shape index (κ3) is 8.10. The second kappa shape index (κ2) is 13.7. The van der Waals surface area contributed by atoms with Crippen LogP contribution in [0, 0.1) is 0 Å². The van der Waals surface area contributed by atoms with E-state index in [1.165, 1.54) is 12.8 Å². The third-order valence-electron chi connectivity index (χ3n) is 8.29. The molecule has 0 radical (unpaired) electrons. The fourth-order valence-electron chi connectivity index (χ4n) is 5.76. The van der Waals surface area contributed by atoms with E-state index < -0.39 is 0 Å². The molecular formula is C36H48N4O4. The first-order valence-corrected chi connectivity index (χ1v) is 15.6. The van der Waals surface area contributed by atoms with Gasteiger partial charge in [0.05, 0.1) is 30.7 Å². The smallest absolute Gasteiger partial charge is 0.322 e. The predicted molar refractivity (Wildman–Crippen MR) is 177 cm³/mol. The molecule has 1 aromatic heterocycles. The Morgan fingerprint density at radius 2 is 1.52 bits per heavy atom. The highest BCUT2D eigenvalue weighted by molar-refractivity contribution is 6.07. The molecular weight excluding hydrogens is 552 g/mol. The van der Waals surface area contributed by atoms with Crippen molar-refractivity contribution in [1.29, 1.82) is 0 Å². The lowest BCUT2D eigenvalue weighted by atomic mass is 9.78. The van der Waals surface area contributed by atoms with Gasteiger partial charge in [0.1, 0.15) is 11.5 Å². The second-order valence-corrected chi connectivity index (χ2v) is 13.8. The van der Waals surface area contributed by atoms with Crippen molar-refractivity contribution >= 4 is 23.3 Å². The average Bonchev–Trinajstić information content (AvgIpc) is 3.25. The van der Waals surface area contributed by atoms with Crippen LogP contribution in [0.3, 0.4) is 0 Å². The molecule has 44 heavy (non-hydrogen) atoms. The molecule has 2 aromatic carbocycles. The molecule has 8 nitrogen and oxygen atoms in total. The number of pyridine rings is 1. The summed E-state index contributed by atoms with van der Waals surface area (Å²) in [6.07, 6.45) is 8.15. The van der Waals surface area contributed by atoms with E-state index in [0.717, 1.165) is 31.4 Å². The maximum absolute atomic E-state index is 14.0. The van der Waals surface area contributed by atoms with Gasteiger partial charge in [-0.25, -0.2) is 4.79 Å². The highest BCUT2D eigenvalue weighted by Crippen LogP contribution is 2.40. The molecule has 1 aliphatic rings. The number of anilines is 2. The van der Waals surface area contributed by atoms with Gasteiger partial charge in [0.15, 0.2) is 0 Å². The number of methoxy groups -OCH3 is 1. The summed E-state index contributed by atoms with van der Waals surface area (Å²) in [4.78, 5) is 34.1. The minimum absolute atomic E-state index is 0.0967. The van der Waals surface area contributed by atoms with Crippen LogP contribution >= 0.6 is 0 Å². The summed E-state index contributed by atoms with van der Waals surface area (Å²) in [7, 11) is 1.56. The lowest BCUT2D eigenvalue weighted by molar-refractivity contribution is 0.102. The van der Waals surface area contributed by atoms with Crippen LogP contribution in [-0.4, -0.2) is 40.1 Å². The standard InChI is InChI=1S/C36H48N4O4/c1-35(2,3)28-20-24(21-29(32(28)41)36(4,5)6)33(42)38-31-22-27(44-7)17-18-30(31)39-34(43)40(23-25-14-12-13-19-37-25)26-15-10-8-9-11-16-26/h12-14,17-22,26,41H,8-11,15-16,23H2,1-7H3,(H,38,42)(H,39,43). The first-order chi connectivity index (χ1) is 20.8. The van der Waals surface area contributed by atoms with Crippen molar-refractivity contribution in [3.8, 4) is 11.5 Å². The summed E-state index contributed by atoms with van der Waals surface area (Å²) in [6.45, 7) is 12.5. The number of nitrogens with one attached hydrogen (secondary N) is 2. The van der Waals surface area contributed by atoms with Gasteiger partial charge in [0.25, 0.3) is 5.91 Å². The second-order valence-electron chi connectivity index (χ2n) is 13.8. The first kappa shape index (κ1) is 32.8. The molecule has 0 saturated heterocycles. The number of carbonyl (C=O) groups excluding carboxylic acids is 2. The summed E-state index contributed by atoms with van der Waals surface area (Å²) < 4.78 is 5.47. The van der Waals surface area contributed by atoms with Gasteiger partial charge in [-0.3, -0.25) is 9.78 Å². The number of nitrogens with zero attached hydrogens (tertiary/aromatic N) is 2. The van der Waals surface area contributed by atoms with Crippen LogP contribution in [-0.2, 0) is 17.4 Å². The van der Waals surface area contributed by atoms with E-state index >= 15 is 0 Å². The van der Waals surface area contributed by atoms with Gasteiger partial charge in [-0.2, -0.15) is 0 Å². The number of carbonyl (C=O) groups is 2. The fourth-order valence-corrected chi connectivity index (χ4v) is 5.76. The normalized spacial score (nSPS) is 14.4. The van der Waals surface area contributed by atoms with Crippen molar-refractivity contribution < 1.29 is 19.4 Å². The van der Waals surface area contributed by atoms with Crippen LogP contribution < -0.4 is 15.4 Å². The van der Waals surface area contributed by atoms with Crippen molar-refractivity contribution in [2.45, 2.75) is 103 Å². The monoisotopic (exact) mass is 600 g/mol. The molecule has 1 heterocycles. The number of benzene rings is 2. The fraction of sp³-hybridized carbons (Fsp3) is 0.472. The summed E-state index contributed by atoms with van der Waals surface area (Å²) in [5, 5.41) is 17.2. The number of rotatable bonds is 7. The number of amides is 3. The topological polar surface area (TPSA) is 104 Å². The summed E-state index contributed by atoms with van der Waals surface area (Å²) >= 11 is 0. The highest BCUT2D eigenvalue weighted by Gasteiger charge is 2.29. The van der Waals surface area contributed by atoms with E-state index in [4.69, 9.17) is 4.74 Å². The van der Waals surface area contributed by atoms with Crippen LogP contribution in [0.25, 0.3) is 0 Å². The van der Waals surface area contributed by atoms with Crippen LogP contribution in [0.15, 0.2) is 54.7 Å². The largest absolute Gasteiger partial charge is 0.507 e. The zero-order chi connectivity index (χ0) is 32.1. The minimum Gasteiger partial charge on any atom is -0.507 e. The maximum atomic E-state index is 14.0. The van der Waals surface area contributed by atoms with Crippen LogP contribution in [0.5, 0.6) is 11.5 Å². The first-order valence-electron chi connectivity index (χ1n) is 15.6. The molecule has 1 aliphatic carbocycles. The summed E-state index contributed by atoms with van der Waals surface area (Å²) in [5.41, 5.74) is 2.76. The van der Waals surface area contributed by atoms with Crippen molar-refractivity contribution in [1.82, 2.24) is 9.88 Å². The van der Waals surface area contributed by atoms with Gasteiger partial charge >= 0.3 is 6.03 Å². The minimum atomic E-state index is -0.384. The zero-order valence-corrected chi connectivity index (χ0v) is 27.3. The number of ether oxygens (including phenoxy) is 1. The molecule has 1 saturated carbocycles. The number of phenolic OH excluding ortho intramolecular Hbond substituents is 1. The molecule has 0 aliphatic heterocycles. The Hall–Kier alpha value is -4.07. The highest BCUT2D eigenvalue weighted by atomic mass is 16.5. The molecule has 3 amide bonds. The van der Waals surface area contributed by atoms with Crippen molar-refractivity contribution in [3.63, 3.8) is 0 Å². The van der Waals surface area contributed by atoms with E-state index in [0.29, 0.717) is 40.4 Å². The molecule has 3 N–H and O–H groups in total. The summed E-state index contributed by atoms with van der Waals surface area (Å²) in [6, 6.07) is 14.3. The number of hydrogen-bond acceptors (Lipinski definition) is 5.